The Balaban J connectivity index is 3.38. The summed E-state index contributed by atoms with van der Waals surface area (Å²) in [4.78, 5) is 24.7. The molecule has 0 heterocycles. The number of hydrogen-bond acceptors (Lipinski definition) is 5. The second-order valence-electron chi connectivity index (χ2n) is 24.7. The van der Waals surface area contributed by atoms with E-state index in [1.165, 1.54) is 321 Å². The first-order valence-corrected chi connectivity index (χ1v) is 36.2. The number of ether oxygens (including phenoxy) is 2. The Morgan fingerprint density at radius 1 is 0.287 bits per heavy atom. The van der Waals surface area contributed by atoms with E-state index in [1.54, 1.807) is 0 Å². The van der Waals surface area contributed by atoms with Gasteiger partial charge in [0.05, 0.1) is 6.61 Å². The highest BCUT2D eigenvalue weighted by atomic mass is 16.6. The number of carbonyl (C=O) groups excluding carboxylic acids is 2. The summed E-state index contributed by atoms with van der Waals surface area (Å²) in [5.74, 6) is -0.568. The summed E-state index contributed by atoms with van der Waals surface area (Å²) < 4.78 is 10.8. The van der Waals surface area contributed by atoms with Crippen molar-refractivity contribution in [1.82, 2.24) is 0 Å². The van der Waals surface area contributed by atoms with Crippen LogP contribution < -0.4 is 0 Å². The van der Waals surface area contributed by atoms with Gasteiger partial charge < -0.3 is 14.6 Å². The van der Waals surface area contributed by atoms with E-state index in [0.29, 0.717) is 12.8 Å². The molecule has 0 bridgehead atoms. The predicted molar refractivity (Wildman–Crippen MR) is 353 cm³/mol. The lowest BCUT2D eigenvalue weighted by Gasteiger charge is -2.15. The quantitative estimate of drug-likeness (QED) is 0.0373. The fourth-order valence-corrected chi connectivity index (χ4v) is 11.2. The smallest absolute Gasteiger partial charge is 0.306 e. The molecule has 0 saturated carbocycles. The van der Waals surface area contributed by atoms with Gasteiger partial charge in [0.2, 0.25) is 0 Å². The first kappa shape index (κ1) is 77.9. The number of unbranched alkanes of at least 4 members (excludes halogenated alkanes) is 52. The van der Waals surface area contributed by atoms with Gasteiger partial charge in [-0.25, -0.2) is 0 Å². The van der Waals surface area contributed by atoms with E-state index in [1.807, 2.05) is 0 Å². The zero-order valence-electron chi connectivity index (χ0n) is 54.1. The van der Waals surface area contributed by atoms with Crippen molar-refractivity contribution >= 4 is 11.9 Å². The van der Waals surface area contributed by atoms with E-state index < -0.39 is 6.10 Å². The Kier molecular flexibility index (Phi) is 69.2. The maximum atomic E-state index is 12.4. The first-order valence-electron chi connectivity index (χ1n) is 36.2. The molecule has 1 atom stereocenters. The van der Waals surface area contributed by atoms with Crippen LogP contribution in [0.25, 0.3) is 0 Å². The number of carbonyl (C=O) groups is 2. The molecule has 1 N–H and O–H groups in total. The van der Waals surface area contributed by atoms with Crippen LogP contribution >= 0.6 is 0 Å². The summed E-state index contributed by atoms with van der Waals surface area (Å²) in [6.45, 7) is 4.18. The van der Waals surface area contributed by atoms with Gasteiger partial charge in [0.1, 0.15) is 6.61 Å². The van der Waals surface area contributed by atoms with Gasteiger partial charge in [-0.2, -0.15) is 0 Å². The molecule has 470 valence electrons. The summed E-state index contributed by atoms with van der Waals surface area (Å²) in [5.41, 5.74) is 0. The van der Waals surface area contributed by atoms with Gasteiger partial charge in [0, 0.05) is 12.8 Å². The minimum absolute atomic E-state index is 0.0606. The van der Waals surface area contributed by atoms with Crippen molar-refractivity contribution in [3.05, 3.63) is 48.6 Å². The third kappa shape index (κ3) is 68.4. The van der Waals surface area contributed by atoms with Gasteiger partial charge in [-0.05, 0) is 77.0 Å². The number of hydrogen-bond donors (Lipinski definition) is 1. The molecule has 0 fully saturated rings. The largest absolute Gasteiger partial charge is 0.462 e. The topological polar surface area (TPSA) is 72.8 Å². The van der Waals surface area contributed by atoms with Gasteiger partial charge >= 0.3 is 11.9 Å². The molecule has 0 aliphatic heterocycles. The van der Waals surface area contributed by atoms with Crippen LogP contribution in [-0.2, 0) is 19.1 Å². The van der Waals surface area contributed by atoms with Crippen LogP contribution in [0.15, 0.2) is 48.6 Å². The van der Waals surface area contributed by atoms with Crippen LogP contribution in [0, 0.1) is 0 Å². The normalized spacial score (nSPS) is 12.4. The standard InChI is InChI=1S/C75H140O5/c1-3-5-7-9-11-13-15-17-19-21-23-25-27-29-31-32-33-34-35-36-37-38-39-40-41-42-44-46-48-50-52-54-56-58-60-62-64-66-68-70-75(78)80-73(71-76)72-79-74(77)69-67-65-63-61-59-57-55-53-51-49-47-45-43-30-28-26-24-22-20-18-16-14-12-10-8-6-4-2/h15-18,21-24,73,76H,3-14,19-20,25-72H2,1-2H3/b17-15-,18-16-,23-21-,24-22-. The molecule has 0 aromatic rings. The molecule has 5 nitrogen and oxygen atoms in total. The summed E-state index contributed by atoms with van der Waals surface area (Å²) in [7, 11) is 0. The molecule has 0 spiro atoms. The summed E-state index contributed by atoms with van der Waals surface area (Å²) in [6.07, 6.45) is 95.9. The fraction of sp³-hybridized carbons (Fsp3) is 0.867. The van der Waals surface area contributed by atoms with Crippen molar-refractivity contribution in [1.29, 1.82) is 0 Å². The van der Waals surface area contributed by atoms with E-state index in [0.717, 1.165) is 51.4 Å². The zero-order chi connectivity index (χ0) is 57.6. The maximum Gasteiger partial charge on any atom is 0.306 e. The Bertz CT molecular complexity index is 1320. The molecule has 1 unspecified atom stereocenters. The minimum Gasteiger partial charge on any atom is -0.462 e. The van der Waals surface area contributed by atoms with Crippen molar-refractivity contribution in [2.24, 2.45) is 0 Å². The summed E-state index contributed by atoms with van der Waals surface area (Å²) >= 11 is 0. The van der Waals surface area contributed by atoms with E-state index in [-0.39, 0.29) is 25.2 Å². The molecule has 5 heteroatoms. The van der Waals surface area contributed by atoms with Crippen molar-refractivity contribution in [2.45, 2.75) is 405 Å². The number of esters is 2. The Hall–Kier alpha value is -2.14. The lowest BCUT2D eigenvalue weighted by Crippen LogP contribution is -2.28. The highest BCUT2D eigenvalue weighted by Gasteiger charge is 2.16. The van der Waals surface area contributed by atoms with E-state index in [4.69, 9.17) is 9.47 Å². The predicted octanol–water partition coefficient (Wildman–Crippen LogP) is 25.1. The Morgan fingerprint density at radius 3 is 0.738 bits per heavy atom. The second-order valence-corrected chi connectivity index (χ2v) is 24.7. The van der Waals surface area contributed by atoms with Crippen molar-refractivity contribution < 1.29 is 24.2 Å². The molecule has 0 aliphatic carbocycles. The van der Waals surface area contributed by atoms with E-state index in [9.17, 15) is 14.7 Å². The molecule has 80 heavy (non-hydrogen) atoms. The molecule has 0 aromatic carbocycles. The third-order valence-corrected chi connectivity index (χ3v) is 16.6. The van der Waals surface area contributed by atoms with Gasteiger partial charge in [0.15, 0.2) is 6.10 Å². The highest BCUT2D eigenvalue weighted by molar-refractivity contribution is 5.70. The van der Waals surface area contributed by atoms with Crippen molar-refractivity contribution in [3.8, 4) is 0 Å². The fourth-order valence-electron chi connectivity index (χ4n) is 11.2. The second kappa shape index (κ2) is 71.1. The molecular formula is C75H140O5. The number of allylic oxidation sites excluding steroid dienone is 8. The maximum absolute atomic E-state index is 12.4. The molecule has 0 aliphatic rings. The van der Waals surface area contributed by atoms with Crippen molar-refractivity contribution in [3.63, 3.8) is 0 Å². The van der Waals surface area contributed by atoms with Crippen molar-refractivity contribution in [2.75, 3.05) is 13.2 Å². The third-order valence-electron chi connectivity index (χ3n) is 16.6. The first-order chi connectivity index (χ1) is 39.6. The lowest BCUT2D eigenvalue weighted by molar-refractivity contribution is -0.161. The van der Waals surface area contributed by atoms with Crippen LogP contribution in [0.3, 0.4) is 0 Å². The van der Waals surface area contributed by atoms with Crippen LogP contribution in [-0.4, -0.2) is 36.4 Å². The zero-order valence-corrected chi connectivity index (χ0v) is 54.1. The number of aliphatic hydroxyl groups is 1. The Labute approximate surface area is 500 Å². The molecule has 0 radical (unpaired) electrons. The van der Waals surface area contributed by atoms with Gasteiger partial charge in [-0.15, -0.1) is 0 Å². The number of rotatable bonds is 68. The molecule has 0 saturated heterocycles. The lowest BCUT2D eigenvalue weighted by atomic mass is 10.0. The number of aliphatic hydroxyl groups excluding tert-OH is 1. The van der Waals surface area contributed by atoms with E-state index >= 15 is 0 Å². The molecule has 0 amide bonds. The molecule has 0 aromatic heterocycles. The average Bonchev–Trinajstić information content (AvgIpc) is 3.46. The monoisotopic (exact) mass is 1120 g/mol. The minimum atomic E-state index is -0.771. The Morgan fingerprint density at radius 2 is 0.500 bits per heavy atom. The highest BCUT2D eigenvalue weighted by Crippen LogP contribution is 2.19. The molecular weight excluding hydrogens is 981 g/mol. The summed E-state index contributed by atoms with van der Waals surface area (Å²) in [6, 6.07) is 0. The van der Waals surface area contributed by atoms with Gasteiger partial charge in [-0.3, -0.25) is 9.59 Å². The molecule has 0 rings (SSSR count). The van der Waals surface area contributed by atoms with Gasteiger partial charge in [0.25, 0.3) is 0 Å². The van der Waals surface area contributed by atoms with E-state index in [2.05, 4.69) is 62.5 Å². The van der Waals surface area contributed by atoms with Crippen LogP contribution in [0.5, 0.6) is 0 Å². The SMILES string of the molecule is CCCCCCC/C=C\C/C=C\CCCCCCCCCCCCCCCCCCCCCCCCCCCCCC(=O)OC(CO)COC(=O)CCCCCCCCCCCCCCCCC/C=C\C/C=C\CCCCCCC. The van der Waals surface area contributed by atoms with Crippen LogP contribution in [0.4, 0.5) is 0 Å². The van der Waals surface area contributed by atoms with Crippen LogP contribution in [0.2, 0.25) is 0 Å². The average molecular weight is 1120 g/mol. The van der Waals surface area contributed by atoms with Crippen LogP contribution in [0.1, 0.15) is 399 Å². The summed E-state index contributed by atoms with van der Waals surface area (Å²) in [5, 5.41) is 9.70. The van der Waals surface area contributed by atoms with Gasteiger partial charge in [-0.1, -0.05) is 358 Å².